The number of carbonyl (C=O) groups excluding carboxylic acids is 1. The lowest BCUT2D eigenvalue weighted by Crippen LogP contribution is -2.75. The number of nitrogens with zero attached hydrogens (tertiary/aromatic N) is 1. The molecule has 1 aliphatic heterocycles. The van der Waals surface area contributed by atoms with Gasteiger partial charge in [-0.3, -0.25) is 4.79 Å². The Labute approximate surface area is 189 Å². The molecule has 1 heterocycles. The maximum atomic E-state index is 13.6. The van der Waals surface area contributed by atoms with Crippen LogP contribution in [0.1, 0.15) is 55.4 Å². The number of β-lactam (4-membered cyclic amide) rings is 1. The van der Waals surface area contributed by atoms with E-state index in [1.54, 1.807) is 0 Å². The van der Waals surface area contributed by atoms with Crippen molar-refractivity contribution in [3.05, 3.63) is 11.6 Å². The second kappa shape index (κ2) is 8.89. The highest BCUT2D eigenvalue weighted by molar-refractivity contribution is 9.09. The van der Waals surface area contributed by atoms with Crippen molar-refractivity contribution in [1.82, 2.24) is 4.57 Å². The van der Waals surface area contributed by atoms with Gasteiger partial charge in [-0.25, -0.2) is 0 Å². The van der Waals surface area contributed by atoms with Gasteiger partial charge in [0, 0.05) is 0 Å². The highest BCUT2D eigenvalue weighted by Gasteiger charge is 2.60. The molecule has 4 atom stereocenters. The summed E-state index contributed by atoms with van der Waals surface area (Å²) in [6, 6.07) is -0.0234. The first kappa shape index (κ1) is 27.1. The van der Waals surface area contributed by atoms with Gasteiger partial charge < -0.3 is 14.1 Å². The molecule has 170 valence electrons. The number of hydrogen-bond donors (Lipinski definition) is 1. The van der Waals surface area contributed by atoms with Crippen LogP contribution in [-0.2, 0) is 9.22 Å². The smallest absolute Gasteiger partial charge is 0.223 e. The van der Waals surface area contributed by atoms with E-state index in [9.17, 15) is 9.90 Å². The molecule has 1 aliphatic rings. The topological polar surface area (TPSA) is 49.8 Å². The average molecular weight is 507 g/mol. The normalized spacial score (nSPS) is 24.4. The molecule has 0 unspecified atom stereocenters. The molecule has 1 saturated heterocycles. The van der Waals surface area contributed by atoms with E-state index in [0.717, 1.165) is 5.57 Å². The molecular formula is C22H44BrNO3Si2. The zero-order valence-corrected chi connectivity index (χ0v) is 24.3. The molecule has 0 aromatic rings. The van der Waals surface area contributed by atoms with Crippen molar-refractivity contribution >= 4 is 38.4 Å². The van der Waals surface area contributed by atoms with E-state index in [0.29, 0.717) is 0 Å². The maximum Gasteiger partial charge on any atom is 0.223 e. The van der Waals surface area contributed by atoms with Crippen molar-refractivity contribution in [3.8, 4) is 0 Å². The quantitative estimate of drug-likeness (QED) is 0.202. The van der Waals surface area contributed by atoms with Gasteiger partial charge in [-0.05, 0) is 42.6 Å². The predicted octanol–water partition coefficient (Wildman–Crippen LogP) is 5.93. The summed E-state index contributed by atoms with van der Waals surface area (Å²) in [5, 5.41) is 9.98. The molecule has 0 spiro atoms. The van der Waals surface area contributed by atoms with E-state index < -0.39 is 16.6 Å². The number of hydrogen-bond acceptors (Lipinski definition) is 3. The Balaban J connectivity index is 3.39. The first-order valence-corrected chi connectivity index (χ1v) is 17.5. The zero-order valence-electron chi connectivity index (χ0n) is 20.7. The summed E-state index contributed by atoms with van der Waals surface area (Å²) < 4.78 is 8.83. The summed E-state index contributed by atoms with van der Waals surface area (Å²) in [4.78, 5) is 13.4. The fraction of sp³-hybridized carbons (Fsp3) is 0.864. The Morgan fingerprint density at radius 3 is 2.00 bits per heavy atom. The number of aliphatic hydroxyl groups excluding tert-OH is 1. The summed E-state index contributed by atoms with van der Waals surface area (Å²) >= 11 is 3.64. The molecule has 0 aromatic heterocycles. The van der Waals surface area contributed by atoms with Crippen LogP contribution < -0.4 is 0 Å². The minimum absolute atomic E-state index is 0.0138. The van der Waals surface area contributed by atoms with E-state index in [4.69, 9.17) is 4.43 Å². The van der Waals surface area contributed by atoms with Crippen LogP contribution in [-0.4, -0.2) is 55.7 Å². The molecule has 4 nitrogen and oxygen atoms in total. The van der Waals surface area contributed by atoms with E-state index >= 15 is 0 Å². The third kappa shape index (κ3) is 5.10. The molecule has 0 saturated carbocycles. The van der Waals surface area contributed by atoms with Crippen molar-refractivity contribution in [2.45, 2.75) is 109 Å². The standard InChI is InChI=1S/C22H44BrNO3Si2/c1-13-16(17(23)14-25)19-18(15(2)27-29(11,12)22(6,7)8)20(26)24(19)28(9,10)21(3,4)5/h13,15,17-19,25H,14H2,1-12H3/b16-13+/t15-,17-,18-,19+/m1/s1. The first-order chi connectivity index (χ1) is 12.8. The molecule has 0 bridgehead atoms. The highest BCUT2D eigenvalue weighted by atomic mass is 79.9. The molecule has 29 heavy (non-hydrogen) atoms. The van der Waals surface area contributed by atoms with Crippen molar-refractivity contribution < 1.29 is 14.3 Å². The lowest BCUT2D eigenvalue weighted by molar-refractivity contribution is -0.152. The largest absolute Gasteiger partial charge is 0.413 e. The number of aliphatic hydroxyl groups is 1. The molecule has 0 radical (unpaired) electrons. The van der Waals surface area contributed by atoms with Crippen molar-refractivity contribution in [2.75, 3.05) is 6.61 Å². The summed E-state index contributed by atoms with van der Waals surface area (Å²) in [5.74, 6) is 0.0147. The molecular weight excluding hydrogens is 462 g/mol. The van der Waals surface area contributed by atoms with Crippen LogP contribution in [0.3, 0.4) is 0 Å². The van der Waals surface area contributed by atoms with Gasteiger partial charge in [0.05, 0.1) is 29.5 Å². The van der Waals surface area contributed by atoms with Gasteiger partial charge in [0.15, 0.2) is 16.6 Å². The summed E-state index contributed by atoms with van der Waals surface area (Å²) in [5.41, 5.74) is 1.09. The van der Waals surface area contributed by atoms with Crippen LogP contribution in [0.2, 0.25) is 36.3 Å². The van der Waals surface area contributed by atoms with Crippen LogP contribution in [0.25, 0.3) is 0 Å². The monoisotopic (exact) mass is 505 g/mol. The SMILES string of the molecule is C/C=C(\[C@H](Br)CO)[C@H]1[C@@H]([C@@H](C)O[Si](C)(C)C(C)(C)C)C(=O)N1[Si](C)(C)C(C)(C)C. The lowest BCUT2D eigenvalue weighted by Gasteiger charge is -2.61. The summed E-state index contributed by atoms with van der Waals surface area (Å²) in [6.45, 7) is 26.5. The number of carbonyl (C=O) groups is 1. The molecule has 1 rings (SSSR count). The van der Waals surface area contributed by atoms with E-state index in [1.165, 1.54) is 0 Å². The van der Waals surface area contributed by atoms with E-state index in [-0.39, 0.29) is 45.5 Å². The second-order valence-electron chi connectivity index (χ2n) is 11.5. The molecule has 0 aromatic carbocycles. The Morgan fingerprint density at radius 1 is 1.17 bits per heavy atom. The van der Waals surface area contributed by atoms with Gasteiger partial charge in [0.25, 0.3) is 0 Å². The van der Waals surface area contributed by atoms with Crippen LogP contribution >= 0.6 is 15.9 Å². The second-order valence-corrected chi connectivity index (χ2v) is 22.5. The highest BCUT2D eigenvalue weighted by Crippen LogP contribution is 2.49. The fourth-order valence-corrected chi connectivity index (χ4v) is 8.06. The van der Waals surface area contributed by atoms with Crippen molar-refractivity contribution in [2.24, 2.45) is 5.92 Å². The minimum atomic E-state index is -2.07. The Morgan fingerprint density at radius 2 is 1.66 bits per heavy atom. The lowest BCUT2D eigenvalue weighted by atomic mass is 9.80. The predicted molar refractivity (Wildman–Crippen MR) is 133 cm³/mol. The molecule has 1 N–H and O–H groups in total. The third-order valence-electron chi connectivity index (χ3n) is 7.57. The summed E-state index contributed by atoms with van der Waals surface area (Å²) in [6.07, 6.45) is 1.92. The summed E-state index contributed by atoms with van der Waals surface area (Å²) in [7, 11) is -4.07. The Kier molecular flexibility index (Phi) is 8.30. The molecule has 1 fully saturated rings. The molecule has 1 amide bonds. The Hall–Kier alpha value is 0.0438. The van der Waals surface area contributed by atoms with Gasteiger partial charge in [-0.2, -0.15) is 0 Å². The number of allylic oxidation sites excluding steroid dienone is 1. The third-order valence-corrected chi connectivity index (χ3v) is 18.3. The fourth-order valence-electron chi connectivity index (χ4n) is 3.67. The first-order valence-electron chi connectivity index (χ1n) is 10.8. The van der Waals surface area contributed by atoms with Crippen molar-refractivity contribution in [3.63, 3.8) is 0 Å². The Bertz CT molecular complexity index is 635. The zero-order chi connectivity index (χ0) is 23.2. The van der Waals surface area contributed by atoms with E-state index in [1.807, 2.05) is 6.92 Å². The van der Waals surface area contributed by atoms with Gasteiger partial charge in [-0.1, -0.05) is 76.6 Å². The van der Waals surface area contributed by atoms with Crippen molar-refractivity contribution in [1.29, 1.82) is 0 Å². The van der Waals surface area contributed by atoms with E-state index in [2.05, 4.69) is 101 Å². The van der Waals surface area contributed by atoms with Gasteiger partial charge in [0.1, 0.15) is 0 Å². The molecule has 7 heteroatoms. The molecule has 0 aliphatic carbocycles. The van der Waals surface area contributed by atoms with Gasteiger partial charge >= 0.3 is 0 Å². The number of amides is 1. The van der Waals surface area contributed by atoms with Crippen LogP contribution in [0.4, 0.5) is 0 Å². The number of rotatable bonds is 7. The van der Waals surface area contributed by atoms with Crippen LogP contribution in [0.5, 0.6) is 0 Å². The minimum Gasteiger partial charge on any atom is -0.413 e. The number of alkyl halides is 1. The van der Waals surface area contributed by atoms with Gasteiger partial charge in [0.2, 0.25) is 5.91 Å². The van der Waals surface area contributed by atoms with Gasteiger partial charge in [-0.15, -0.1) is 0 Å². The van der Waals surface area contributed by atoms with Crippen LogP contribution in [0, 0.1) is 5.92 Å². The number of halogens is 1. The van der Waals surface area contributed by atoms with Crippen LogP contribution in [0.15, 0.2) is 11.6 Å². The average Bonchev–Trinajstić information content (AvgIpc) is 2.51. The maximum absolute atomic E-state index is 13.6.